The summed E-state index contributed by atoms with van der Waals surface area (Å²) in [5.74, 6) is 0.198. The van der Waals surface area contributed by atoms with Gasteiger partial charge in [0.05, 0.1) is 11.2 Å². The molecule has 6 heteroatoms. The number of nitrogens with one attached hydrogen (secondary N) is 2. The van der Waals surface area contributed by atoms with Crippen molar-refractivity contribution in [1.82, 2.24) is 10.3 Å². The molecule has 1 aromatic heterocycles. The monoisotopic (exact) mass is 333 g/mol. The van der Waals surface area contributed by atoms with Crippen molar-refractivity contribution in [1.29, 1.82) is 0 Å². The molecule has 0 saturated carbocycles. The number of pyridine rings is 1. The van der Waals surface area contributed by atoms with Crippen LogP contribution in [0.3, 0.4) is 0 Å². The summed E-state index contributed by atoms with van der Waals surface area (Å²) in [7, 11) is 0. The SMILES string of the molecule is O=C1COc2ccc(CNC(=O)c3ccc4ccccc4n3)cc2N1. The number of aromatic nitrogens is 1. The highest BCUT2D eigenvalue weighted by atomic mass is 16.5. The third-order valence-electron chi connectivity index (χ3n) is 3.96. The predicted molar refractivity (Wildman–Crippen MR) is 93.5 cm³/mol. The molecule has 0 aliphatic carbocycles. The number of fused-ring (bicyclic) bond motifs is 2. The highest BCUT2D eigenvalue weighted by Crippen LogP contribution is 2.28. The fourth-order valence-electron chi connectivity index (χ4n) is 2.71. The van der Waals surface area contributed by atoms with E-state index in [-0.39, 0.29) is 18.4 Å². The van der Waals surface area contributed by atoms with Crippen LogP contribution in [-0.4, -0.2) is 23.4 Å². The Hall–Kier alpha value is -3.41. The van der Waals surface area contributed by atoms with E-state index >= 15 is 0 Å². The van der Waals surface area contributed by atoms with E-state index in [0.29, 0.717) is 23.7 Å². The molecule has 1 aliphatic rings. The van der Waals surface area contributed by atoms with Gasteiger partial charge in [-0.25, -0.2) is 4.98 Å². The fourth-order valence-corrected chi connectivity index (χ4v) is 2.71. The van der Waals surface area contributed by atoms with Crippen LogP contribution in [-0.2, 0) is 11.3 Å². The number of carbonyl (C=O) groups excluding carboxylic acids is 2. The maximum atomic E-state index is 12.3. The lowest BCUT2D eigenvalue weighted by Crippen LogP contribution is -2.26. The van der Waals surface area contributed by atoms with E-state index in [4.69, 9.17) is 4.74 Å². The van der Waals surface area contributed by atoms with Crippen molar-refractivity contribution >= 4 is 28.4 Å². The van der Waals surface area contributed by atoms with E-state index in [9.17, 15) is 9.59 Å². The second-order valence-corrected chi connectivity index (χ2v) is 5.74. The smallest absolute Gasteiger partial charge is 0.270 e. The molecule has 0 atom stereocenters. The molecule has 0 unspecified atom stereocenters. The number of hydrogen-bond acceptors (Lipinski definition) is 4. The predicted octanol–water partition coefficient (Wildman–Crippen LogP) is 2.50. The van der Waals surface area contributed by atoms with Gasteiger partial charge in [-0.1, -0.05) is 30.3 Å². The van der Waals surface area contributed by atoms with E-state index in [1.807, 2.05) is 36.4 Å². The number of hydrogen-bond donors (Lipinski definition) is 2. The third-order valence-corrected chi connectivity index (χ3v) is 3.96. The minimum atomic E-state index is -0.247. The molecule has 4 rings (SSSR count). The molecule has 124 valence electrons. The number of para-hydroxylation sites is 1. The van der Waals surface area contributed by atoms with Crippen molar-refractivity contribution in [2.24, 2.45) is 0 Å². The Morgan fingerprint density at radius 2 is 2.04 bits per heavy atom. The van der Waals surface area contributed by atoms with Gasteiger partial charge in [0.15, 0.2) is 6.61 Å². The molecule has 6 nitrogen and oxygen atoms in total. The van der Waals surface area contributed by atoms with Crippen molar-refractivity contribution in [3.05, 3.63) is 65.9 Å². The average Bonchev–Trinajstić information content (AvgIpc) is 2.65. The molecule has 2 aromatic carbocycles. The van der Waals surface area contributed by atoms with Crippen LogP contribution in [0, 0.1) is 0 Å². The Balaban J connectivity index is 1.47. The standard InChI is InChI=1S/C19H15N3O3/c23-18-11-25-17-8-5-12(9-16(17)22-18)10-20-19(24)15-7-6-13-3-1-2-4-14(13)21-15/h1-9H,10-11H2,(H,20,24)(H,22,23). The Kier molecular flexibility index (Phi) is 3.78. The molecule has 3 aromatic rings. The lowest BCUT2D eigenvalue weighted by molar-refractivity contribution is -0.118. The summed E-state index contributed by atoms with van der Waals surface area (Å²) in [5, 5.41) is 6.58. The first kappa shape index (κ1) is 15.1. The quantitative estimate of drug-likeness (QED) is 0.772. The Morgan fingerprint density at radius 3 is 2.96 bits per heavy atom. The van der Waals surface area contributed by atoms with Crippen LogP contribution in [0.25, 0.3) is 10.9 Å². The summed E-state index contributed by atoms with van der Waals surface area (Å²) in [4.78, 5) is 28.1. The second kappa shape index (κ2) is 6.24. The first-order chi connectivity index (χ1) is 12.2. The third kappa shape index (κ3) is 3.14. The lowest BCUT2D eigenvalue weighted by atomic mass is 10.1. The highest BCUT2D eigenvalue weighted by molar-refractivity contribution is 5.96. The van der Waals surface area contributed by atoms with Crippen molar-refractivity contribution in [2.45, 2.75) is 6.54 Å². The second-order valence-electron chi connectivity index (χ2n) is 5.74. The topological polar surface area (TPSA) is 80.3 Å². The summed E-state index contributed by atoms with van der Waals surface area (Å²) < 4.78 is 5.32. The first-order valence-corrected chi connectivity index (χ1v) is 7.88. The van der Waals surface area contributed by atoms with Gasteiger partial charge in [-0.2, -0.15) is 0 Å². The summed E-state index contributed by atoms with van der Waals surface area (Å²) in [6.45, 7) is 0.354. The van der Waals surface area contributed by atoms with Gasteiger partial charge < -0.3 is 15.4 Å². The van der Waals surface area contributed by atoms with Gasteiger partial charge in [0, 0.05) is 11.9 Å². The molecular weight excluding hydrogens is 318 g/mol. The summed E-state index contributed by atoms with van der Waals surface area (Å²) in [6, 6.07) is 16.7. The van der Waals surface area contributed by atoms with Gasteiger partial charge in [-0.15, -0.1) is 0 Å². The van der Waals surface area contributed by atoms with Gasteiger partial charge in [0.25, 0.3) is 11.8 Å². The minimum absolute atomic E-state index is 0.0245. The zero-order chi connectivity index (χ0) is 17.2. The van der Waals surface area contributed by atoms with Crippen molar-refractivity contribution < 1.29 is 14.3 Å². The maximum absolute atomic E-state index is 12.3. The highest BCUT2D eigenvalue weighted by Gasteiger charge is 2.16. The molecule has 2 amide bonds. The van der Waals surface area contributed by atoms with E-state index in [1.54, 1.807) is 18.2 Å². The maximum Gasteiger partial charge on any atom is 0.270 e. The number of benzene rings is 2. The molecule has 0 spiro atoms. The van der Waals surface area contributed by atoms with Crippen molar-refractivity contribution in [3.63, 3.8) is 0 Å². The van der Waals surface area contributed by atoms with Crippen LogP contribution in [0.1, 0.15) is 16.1 Å². The van der Waals surface area contributed by atoms with Gasteiger partial charge in [0.2, 0.25) is 0 Å². The molecular formula is C19H15N3O3. The zero-order valence-corrected chi connectivity index (χ0v) is 13.3. The number of rotatable bonds is 3. The molecule has 25 heavy (non-hydrogen) atoms. The zero-order valence-electron chi connectivity index (χ0n) is 13.3. The lowest BCUT2D eigenvalue weighted by Gasteiger charge is -2.18. The Bertz CT molecular complexity index is 985. The van der Waals surface area contributed by atoms with Gasteiger partial charge in [0.1, 0.15) is 11.4 Å². The van der Waals surface area contributed by atoms with Crippen LogP contribution in [0.4, 0.5) is 5.69 Å². The average molecular weight is 333 g/mol. The molecule has 2 N–H and O–H groups in total. The van der Waals surface area contributed by atoms with E-state index < -0.39 is 0 Å². The number of ether oxygens (including phenoxy) is 1. The van der Waals surface area contributed by atoms with Gasteiger partial charge in [-0.05, 0) is 29.8 Å². The molecule has 0 fully saturated rings. The Labute approximate surface area is 143 Å². The number of carbonyl (C=O) groups is 2. The van der Waals surface area contributed by atoms with Gasteiger partial charge >= 0.3 is 0 Å². The number of nitrogens with zero attached hydrogens (tertiary/aromatic N) is 1. The Morgan fingerprint density at radius 1 is 1.16 bits per heavy atom. The van der Waals surface area contributed by atoms with Crippen LogP contribution >= 0.6 is 0 Å². The summed E-state index contributed by atoms with van der Waals surface area (Å²) >= 11 is 0. The molecule has 2 heterocycles. The molecule has 0 radical (unpaired) electrons. The van der Waals surface area contributed by atoms with Gasteiger partial charge in [-0.3, -0.25) is 9.59 Å². The molecule has 0 bridgehead atoms. The number of anilines is 1. The first-order valence-electron chi connectivity index (χ1n) is 7.88. The van der Waals surface area contributed by atoms with Crippen LogP contribution in [0.2, 0.25) is 0 Å². The van der Waals surface area contributed by atoms with Crippen molar-refractivity contribution in [3.8, 4) is 5.75 Å². The van der Waals surface area contributed by atoms with Crippen LogP contribution in [0.5, 0.6) is 5.75 Å². The number of amides is 2. The summed E-state index contributed by atoms with van der Waals surface area (Å²) in [5.41, 5.74) is 2.63. The normalized spacial score (nSPS) is 12.9. The van der Waals surface area contributed by atoms with Crippen LogP contribution < -0.4 is 15.4 Å². The summed E-state index contributed by atoms with van der Waals surface area (Å²) in [6.07, 6.45) is 0. The molecule has 1 aliphatic heterocycles. The molecule has 0 saturated heterocycles. The van der Waals surface area contributed by atoms with E-state index in [1.165, 1.54) is 0 Å². The van der Waals surface area contributed by atoms with Crippen molar-refractivity contribution in [2.75, 3.05) is 11.9 Å². The van der Waals surface area contributed by atoms with E-state index in [0.717, 1.165) is 16.5 Å². The van der Waals surface area contributed by atoms with Crippen LogP contribution in [0.15, 0.2) is 54.6 Å². The van der Waals surface area contributed by atoms with E-state index in [2.05, 4.69) is 15.6 Å². The minimum Gasteiger partial charge on any atom is -0.482 e. The largest absolute Gasteiger partial charge is 0.482 e. The fraction of sp³-hybridized carbons (Fsp3) is 0.105.